The molecule has 1 fully saturated rings. The van der Waals surface area contributed by atoms with E-state index in [-0.39, 0.29) is 16.6 Å². The summed E-state index contributed by atoms with van der Waals surface area (Å²) >= 11 is 5.87. The Balaban J connectivity index is 1.93. The maximum absolute atomic E-state index is 13.5. The summed E-state index contributed by atoms with van der Waals surface area (Å²) in [4.78, 5) is 12.7. The Hall–Kier alpha value is -2.18. The van der Waals surface area contributed by atoms with Gasteiger partial charge in [-0.1, -0.05) is 17.7 Å². The maximum atomic E-state index is 13.5. The molecule has 0 amide bonds. The lowest BCUT2D eigenvalue weighted by Gasteiger charge is -2.25. The Morgan fingerprint density at radius 1 is 1.36 bits per heavy atom. The van der Waals surface area contributed by atoms with E-state index in [1.54, 1.807) is 30.8 Å². The Labute approximate surface area is 148 Å². The SMILES string of the molecule is Cn1nc2c(=O)n(C3CC3)ccc2c1[C@@](C)(O)c1ccc(F)c(Cl)c1. The van der Waals surface area contributed by atoms with E-state index in [9.17, 15) is 14.3 Å². The highest BCUT2D eigenvalue weighted by molar-refractivity contribution is 6.30. The third-order valence-corrected chi connectivity index (χ3v) is 5.10. The molecule has 1 aromatic carbocycles. The summed E-state index contributed by atoms with van der Waals surface area (Å²) in [6.45, 7) is 1.58. The summed E-state index contributed by atoms with van der Waals surface area (Å²) in [5, 5.41) is 16.0. The molecule has 0 aliphatic heterocycles. The van der Waals surface area contributed by atoms with Gasteiger partial charge in [0.05, 0.1) is 10.7 Å². The lowest BCUT2D eigenvalue weighted by Crippen LogP contribution is -2.26. The number of aryl methyl sites for hydroxylation is 1. The monoisotopic (exact) mass is 361 g/mol. The number of aliphatic hydroxyl groups is 1. The molecule has 1 N–H and O–H groups in total. The van der Waals surface area contributed by atoms with Crippen molar-refractivity contribution in [2.24, 2.45) is 7.05 Å². The van der Waals surface area contributed by atoms with Gasteiger partial charge >= 0.3 is 0 Å². The fourth-order valence-electron chi connectivity index (χ4n) is 3.35. The molecular weight excluding hydrogens is 345 g/mol. The Morgan fingerprint density at radius 2 is 2.08 bits per heavy atom. The van der Waals surface area contributed by atoms with Gasteiger partial charge in [-0.25, -0.2) is 4.39 Å². The second kappa shape index (κ2) is 5.41. The number of halogens is 2. The van der Waals surface area contributed by atoms with Gasteiger partial charge in [0.15, 0.2) is 5.52 Å². The highest BCUT2D eigenvalue weighted by atomic mass is 35.5. The molecule has 5 nitrogen and oxygen atoms in total. The van der Waals surface area contributed by atoms with Gasteiger partial charge in [0.2, 0.25) is 0 Å². The smallest absolute Gasteiger partial charge is 0.279 e. The first kappa shape index (κ1) is 16.3. The van der Waals surface area contributed by atoms with E-state index in [0.29, 0.717) is 22.2 Å². The van der Waals surface area contributed by atoms with Crippen LogP contribution in [0, 0.1) is 5.82 Å². The third-order valence-electron chi connectivity index (χ3n) is 4.81. The van der Waals surface area contributed by atoms with Crippen molar-refractivity contribution >= 4 is 22.5 Å². The minimum absolute atomic E-state index is 0.0691. The summed E-state index contributed by atoms with van der Waals surface area (Å²) in [5.41, 5.74) is -0.436. The van der Waals surface area contributed by atoms with Crippen LogP contribution >= 0.6 is 11.6 Å². The number of pyridine rings is 1. The Kier molecular flexibility index (Phi) is 3.53. The molecular formula is C18H17ClFN3O2. The number of aromatic nitrogens is 3. The highest BCUT2D eigenvalue weighted by Crippen LogP contribution is 2.36. The molecule has 0 unspecified atom stereocenters. The van der Waals surface area contributed by atoms with Crippen molar-refractivity contribution in [3.05, 3.63) is 62.9 Å². The lowest BCUT2D eigenvalue weighted by atomic mass is 9.90. The number of fused-ring (bicyclic) bond motifs is 1. The van der Waals surface area contributed by atoms with Crippen LogP contribution in [0.2, 0.25) is 5.02 Å². The lowest BCUT2D eigenvalue weighted by molar-refractivity contribution is 0.0944. The number of hydrogen-bond acceptors (Lipinski definition) is 3. The quantitative estimate of drug-likeness (QED) is 0.779. The van der Waals surface area contributed by atoms with Crippen LogP contribution in [0.4, 0.5) is 4.39 Å². The van der Waals surface area contributed by atoms with Gasteiger partial charge in [0.1, 0.15) is 11.4 Å². The normalized spacial score (nSPS) is 17.0. The minimum Gasteiger partial charge on any atom is -0.379 e. The molecule has 0 spiro atoms. The third kappa shape index (κ3) is 2.48. The van der Waals surface area contributed by atoms with Crippen LogP contribution in [0.5, 0.6) is 0 Å². The molecule has 3 aromatic rings. The zero-order valence-corrected chi connectivity index (χ0v) is 14.6. The molecule has 0 saturated heterocycles. The average Bonchev–Trinajstić information content (AvgIpc) is 3.32. The second-order valence-corrected chi connectivity index (χ2v) is 7.10. The number of rotatable bonds is 3. The van der Waals surface area contributed by atoms with E-state index in [1.807, 2.05) is 0 Å². The zero-order chi connectivity index (χ0) is 17.9. The number of nitrogens with zero attached hydrogens (tertiary/aromatic N) is 3. The predicted molar refractivity (Wildman–Crippen MR) is 93.3 cm³/mol. The molecule has 1 aliphatic rings. The molecule has 0 bridgehead atoms. The van der Waals surface area contributed by atoms with E-state index in [0.717, 1.165) is 12.8 Å². The number of hydrogen-bond donors (Lipinski definition) is 1. The summed E-state index contributed by atoms with van der Waals surface area (Å²) in [6.07, 6.45) is 3.75. The molecule has 0 radical (unpaired) electrons. The molecule has 1 atom stereocenters. The van der Waals surface area contributed by atoms with Gasteiger partial charge in [0.25, 0.3) is 5.56 Å². The molecule has 2 aromatic heterocycles. The standard InChI is InChI=1S/C18H17ClFN3O2/c1-18(25,10-3-6-14(20)13(19)9-10)16-12-7-8-23(11-4-5-11)17(24)15(12)21-22(16)2/h3,6-9,11,25H,4-5H2,1-2H3/t18-/m0/s1. The van der Waals surface area contributed by atoms with Gasteiger partial charge in [-0.05, 0) is 43.5 Å². The van der Waals surface area contributed by atoms with Crippen molar-refractivity contribution in [1.82, 2.24) is 14.3 Å². The predicted octanol–water partition coefficient (Wildman–Crippen LogP) is 3.12. The van der Waals surface area contributed by atoms with Gasteiger partial charge in [-0.2, -0.15) is 5.10 Å². The van der Waals surface area contributed by atoms with Gasteiger partial charge < -0.3 is 9.67 Å². The van der Waals surface area contributed by atoms with E-state index in [2.05, 4.69) is 5.10 Å². The summed E-state index contributed by atoms with van der Waals surface area (Å²) in [6, 6.07) is 6.13. The van der Waals surface area contributed by atoms with Crippen LogP contribution in [0.15, 0.2) is 35.3 Å². The first-order valence-corrected chi connectivity index (χ1v) is 8.44. The van der Waals surface area contributed by atoms with Crippen LogP contribution in [-0.2, 0) is 12.6 Å². The molecule has 25 heavy (non-hydrogen) atoms. The fourth-order valence-corrected chi connectivity index (χ4v) is 3.53. The fraction of sp³-hybridized carbons (Fsp3) is 0.333. The summed E-state index contributed by atoms with van der Waals surface area (Å²) in [5.74, 6) is -0.552. The number of benzene rings is 1. The largest absolute Gasteiger partial charge is 0.379 e. The summed E-state index contributed by atoms with van der Waals surface area (Å²) < 4.78 is 16.7. The molecule has 2 heterocycles. The van der Waals surface area contributed by atoms with Crippen molar-refractivity contribution in [3.63, 3.8) is 0 Å². The molecule has 7 heteroatoms. The van der Waals surface area contributed by atoms with Crippen LogP contribution < -0.4 is 5.56 Å². The molecule has 1 aliphatic carbocycles. The summed E-state index contributed by atoms with van der Waals surface area (Å²) in [7, 11) is 1.68. The Morgan fingerprint density at radius 3 is 2.72 bits per heavy atom. The van der Waals surface area contributed by atoms with Crippen molar-refractivity contribution < 1.29 is 9.50 Å². The van der Waals surface area contributed by atoms with Crippen molar-refractivity contribution in [2.75, 3.05) is 0 Å². The van der Waals surface area contributed by atoms with Crippen LogP contribution in [0.25, 0.3) is 10.9 Å². The molecule has 130 valence electrons. The van der Waals surface area contributed by atoms with Crippen LogP contribution in [-0.4, -0.2) is 19.5 Å². The Bertz CT molecular complexity index is 1050. The van der Waals surface area contributed by atoms with Crippen molar-refractivity contribution in [1.29, 1.82) is 0 Å². The second-order valence-electron chi connectivity index (χ2n) is 6.69. The van der Waals surface area contributed by atoms with Crippen LogP contribution in [0.3, 0.4) is 0 Å². The van der Waals surface area contributed by atoms with E-state index >= 15 is 0 Å². The highest BCUT2D eigenvalue weighted by Gasteiger charge is 2.34. The van der Waals surface area contributed by atoms with Crippen LogP contribution in [0.1, 0.15) is 37.1 Å². The maximum Gasteiger partial charge on any atom is 0.279 e. The van der Waals surface area contributed by atoms with E-state index in [1.165, 1.54) is 22.9 Å². The van der Waals surface area contributed by atoms with Crippen molar-refractivity contribution in [2.45, 2.75) is 31.4 Å². The van der Waals surface area contributed by atoms with E-state index < -0.39 is 11.4 Å². The van der Waals surface area contributed by atoms with Gasteiger partial charge in [0, 0.05) is 24.7 Å². The van der Waals surface area contributed by atoms with E-state index in [4.69, 9.17) is 11.6 Å². The van der Waals surface area contributed by atoms with Crippen molar-refractivity contribution in [3.8, 4) is 0 Å². The minimum atomic E-state index is -1.49. The first-order valence-electron chi connectivity index (χ1n) is 8.07. The van der Waals surface area contributed by atoms with Gasteiger partial charge in [-0.15, -0.1) is 0 Å². The topological polar surface area (TPSA) is 60.0 Å². The van der Waals surface area contributed by atoms with Gasteiger partial charge in [-0.3, -0.25) is 9.48 Å². The molecule has 1 saturated carbocycles. The molecule has 4 rings (SSSR count). The zero-order valence-electron chi connectivity index (χ0n) is 13.8. The average molecular weight is 362 g/mol. The first-order chi connectivity index (χ1) is 11.8.